The van der Waals surface area contributed by atoms with Crippen LogP contribution in [0.3, 0.4) is 0 Å². The highest BCUT2D eigenvalue weighted by atomic mass is 32.2. The van der Waals surface area contributed by atoms with Crippen LogP contribution >= 0.6 is 11.8 Å². The maximum atomic E-state index is 5.94. The van der Waals surface area contributed by atoms with Crippen molar-refractivity contribution in [2.24, 2.45) is 0 Å². The fourth-order valence-corrected chi connectivity index (χ4v) is 2.51. The first-order valence-electron chi connectivity index (χ1n) is 6.98. The number of thioether (sulfide) groups is 1. The van der Waals surface area contributed by atoms with Crippen LogP contribution in [-0.4, -0.2) is 25.2 Å². The largest absolute Gasteiger partial charge is 0.493 e. The Morgan fingerprint density at radius 1 is 1.35 bits per heavy atom. The molecule has 0 spiro atoms. The Morgan fingerprint density at radius 2 is 2.15 bits per heavy atom. The lowest BCUT2D eigenvalue weighted by Crippen LogP contribution is -2.21. The Balaban J connectivity index is 2.05. The van der Waals surface area contributed by atoms with Gasteiger partial charge in [0.15, 0.2) is 11.3 Å². The Bertz CT molecular complexity index is 552. The van der Waals surface area contributed by atoms with Crippen molar-refractivity contribution in [2.45, 2.75) is 31.6 Å². The molecule has 1 heterocycles. The van der Waals surface area contributed by atoms with Gasteiger partial charge < -0.3 is 14.5 Å². The minimum absolute atomic E-state index is 0.209. The molecule has 0 bridgehead atoms. The third-order valence-electron chi connectivity index (χ3n) is 3.58. The van der Waals surface area contributed by atoms with E-state index in [-0.39, 0.29) is 6.04 Å². The summed E-state index contributed by atoms with van der Waals surface area (Å²) in [5, 5.41) is 5.29. The number of benzene rings is 1. The third-order valence-corrected chi connectivity index (χ3v) is 4.62. The molecule has 0 amide bonds. The minimum Gasteiger partial charge on any atom is -0.493 e. The number of nitrogens with one attached hydrogen (secondary N) is 1. The zero-order chi connectivity index (χ0) is 14.5. The number of fused-ring (bicyclic) bond motifs is 1. The van der Waals surface area contributed by atoms with E-state index in [2.05, 4.69) is 31.5 Å². The van der Waals surface area contributed by atoms with E-state index < -0.39 is 0 Å². The van der Waals surface area contributed by atoms with Gasteiger partial charge in [0.1, 0.15) is 5.76 Å². The lowest BCUT2D eigenvalue weighted by Gasteiger charge is -2.13. The van der Waals surface area contributed by atoms with Gasteiger partial charge in [0.05, 0.1) is 13.2 Å². The van der Waals surface area contributed by atoms with Crippen LogP contribution in [0.4, 0.5) is 0 Å². The molecule has 0 aliphatic heterocycles. The number of hydrogen-bond acceptors (Lipinski definition) is 4. The van der Waals surface area contributed by atoms with Crippen molar-refractivity contribution in [1.29, 1.82) is 0 Å². The van der Waals surface area contributed by atoms with Crippen molar-refractivity contribution in [3.8, 4) is 5.75 Å². The second-order valence-electron chi connectivity index (χ2n) is 5.04. The van der Waals surface area contributed by atoms with Crippen molar-refractivity contribution in [1.82, 2.24) is 5.32 Å². The van der Waals surface area contributed by atoms with Gasteiger partial charge in [-0.05, 0) is 38.3 Å². The second kappa shape index (κ2) is 7.04. The Hall–Kier alpha value is -1.13. The highest BCUT2D eigenvalue weighted by molar-refractivity contribution is 7.99. The topological polar surface area (TPSA) is 34.4 Å². The number of rotatable bonds is 7. The van der Waals surface area contributed by atoms with Crippen molar-refractivity contribution in [3.63, 3.8) is 0 Å². The van der Waals surface area contributed by atoms with Crippen LogP contribution in [0, 0.1) is 0 Å². The molecule has 1 N–H and O–H groups in total. The summed E-state index contributed by atoms with van der Waals surface area (Å²) in [4.78, 5) is 0. The summed E-state index contributed by atoms with van der Waals surface area (Å²) < 4.78 is 11.3. The zero-order valence-electron chi connectivity index (χ0n) is 12.6. The summed E-state index contributed by atoms with van der Waals surface area (Å²) in [6, 6.07) is 8.26. The molecule has 20 heavy (non-hydrogen) atoms. The number of furan rings is 1. The Labute approximate surface area is 125 Å². The first-order valence-corrected chi connectivity index (χ1v) is 8.27. The maximum absolute atomic E-state index is 5.94. The molecule has 1 aromatic carbocycles. The van der Waals surface area contributed by atoms with Crippen molar-refractivity contribution in [3.05, 3.63) is 30.0 Å². The van der Waals surface area contributed by atoms with Crippen LogP contribution in [0.5, 0.6) is 5.75 Å². The SMILES string of the molecule is COc1cccc2cc(C(C)NCCC(C)SC)oc12. The van der Waals surface area contributed by atoms with E-state index in [0.29, 0.717) is 5.25 Å². The van der Waals surface area contributed by atoms with Gasteiger partial charge in [-0.15, -0.1) is 0 Å². The van der Waals surface area contributed by atoms with Crippen LogP contribution < -0.4 is 10.1 Å². The number of para-hydroxylation sites is 1. The first-order chi connectivity index (χ1) is 9.65. The van der Waals surface area contributed by atoms with E-state index in [0.717, 1.165) is 35.4 Å². The van der Waals surface area contributed by atoms with E-state index in [1.807, 2.05) is 30.0 Å². The van der Waals surface area contributed by atoms with Gasteiger partial charge in [-0.1, -0.05) is 19.1 Å². The fraction of sp³-hybridized carbons (Fsp3) is 0.500. The van der Waals surface area contributed by atoms with Crippen LogP contribution in [-0.2, 0) is 0 Å². The molecule has 0 fully saturated rings. The minimum atomic E-state index is 0.209. The lowest BCUT2D eigenvalue weighted by molar-refractivity contribution is 0.399. The predicted octanol–water partition coefficient (Wildman–Crippen LogP) is 4.23. The molecular weight excluding hydrogens is 270 g/mol. The van der Waals surface area contributed by atoms with Crippen molar-refractivity contribution >= 4 is 22.7 Å². The normalized spacial score (nSPS) is 14.4. The highest BCUT2D eigenvalue weighted by Gasteiger charge is 2.13. The molecule has 110 valence electrons. The predicted molar refractivity (Wildman–Crippen MR) is 86.8 cm³/mol. The lowest BCUT2D eigenvalue weighted by atomic mass is 10.2. The highest BCUT2D eigenvalue weighted by Crippen LogP contribution is 2.30. The summed E-state index contributed by atoms with van der Waals surface area (Å²) in [6.07, 6.45) is 3.31. The molecule has 0 saturated heterocycles. The molecule has 2 aromatic rings. The molecule has 0 aliphatic rings. The molecule has 0 radical (unpaired) electrons. The van der Waals surface area contributed by atoms with E-state index in [1.165, 1.54) is 0 Å². The van der Waals surface area contributed by atoms with Crippen molar-refractivity contribution < 1.29 is 9.15 Å². The van der Waals surface area contributed by atoms with Crippen LogP contribution in [0.15, 0.2) is 28.7 Å². The van der Waals surface area contributed by atoms with Gasteiger partial charge in [0.2, 0.25) is 0 Å². The quantitative estimate of drug-likeness (QED) is 0.828. The van der Waals surface area contributed by atoms with E-state index >= 15 is 0 Å². The van der Waals surface area contributed by atoms with Crippen LogP contribution in [0.25, 0.3) is 11.0 Å². The summed E-state index contributed by atoms with van der Waals surface area (Å²) >= 11 is 1.90. The standard InChI is InChI=1S/C16H23NO2S/c1-11(20-4)8-9-17-12(2)15-10-13-6-5-7-14(18-3)16(13)19-15/h5-7,10-12,17H,8-9H2,1-4H3. The summed E-state index contributed by atoms with van der Waals surface area (Å²) in [7, 11) is 1.67. The van der Waals surface area contributed by atoms with E-state index in [4.69, 9.17) is 9.15 Å². The van der Waals surface area contributed by atoms with E-state index in [1.54, 1.807) is 7.11 Å². The second-order valence-corrected chi connectivity index (χ2v) is 6.31. The van der Waals surface area contributed by atoms with Crippen molar-refractivity contribution in [2.75, 3.05) is 19.9 Å². The molecule has 4 heteroatoms. The maximum Gasteiger partial charge on any atom is 0.176 e. The molecule has 2 atom stereocenters. The summed E-state index contributed by atoms with van der Waals surface area (Å²) in [5.41, 5.74) is 0.830. The molecular formula is C16H23NO2S. The Morgan fingerprint density at radius 3 is 2.85 bits per heavy atom. The van der Waals surface area contributed by atoms with Crippen LogP contribution in [0.2, 0.25) is 0 Å². The first kappa shape index (κ1) is 15.3. The average molecular weight is 293 g/mol. The summed E-state index contributed by atoms with van der Waals surface area (Å²) in [5.74, 6) is 1.75. The number of methoxy groups -OCH3 is 1. The zero-order valence-corrected chi connectivity index (χ0v) is 13.4. The van der Waals surface area contributed by atoms with Gasteiger partial charge >= 0.3 is 0 Å². The van der Waals surface area contributed by atoms with Gasteiger partial charge in [0.25, 0.3) is 0 Å². The van der Waals surface area contributed by atoms with E-state index in [9.17, 15) is 0 Å². The summed E-state index contributed by atoms with van der Waals surface area (Å²) in [6.45, 7) is 5.38. The molecule has 0 saturated carbocycles. The van der Waals surface area contributed by atoms with Gasteiger partial charge in [0, 0.05) is 10.6 Å². The fourth-order valence-electron chi connectivity index (χ4n) is 2.15. The third kappa shape index (κ3) is 3.49. The van der Waals surface area contributed by atoms with Crippen LogP contribution in [0.1, 0.15) is 32.1 Å². The van der Waals surface area contributed by atoms with Gasteiger partial charge in [-0.2, -0.15) is 11.8 Å². The molecule has 3 nitrogen and oxygen atoms in total. The number of hydrogen-bond donors (Lipinski definition) is 1. The number of ether oxygens (including phenoxy) is 1. The van der Waals surface area contributed by atoms with Gasteiger partial charge in [-0.3, -0.25) is 0 Å². The smallest absolute Gasteiger partial charge is 0.176 e. The molecule has 0 aliphatic carbocycles. The Kier molecular flexibility index (Phi) is 5.38. The monoisotopic (exact) mass is 293 g/mol. The molecule has 2 unspecified atom stereocenters. The average Bonchev–Trinajstić information content (AvgIpc) is 2.90. The molecule has 1 aromatic heterocycles. The van der Waals surface area contributed by atoms with Gasteiger partial charge in [-0.25, -0.2) is 0 Å². The molecule has 2 rings (SSSR count).